The number of hydrogen-bond acceptors (Lipinski definition) is 5. The number of nitrogens with one attached hydrogen (secondary N) is 1. The maximum absolute atomic E-state index is 12.3. The van der Waals surface area contributed by atoms with Gasteiger partial charge in [-0.2, -0.15) is 0 Å². The molecule has 0 heterocycles. The Balaban J connectivity index is 4.43. The van der Waals surface area contributed by atoms with Crippen LogP contribution in [-0.2, 0) is 19.1 Å². The van der Waals surface area contributed by atoms with E-state index in [-0.39, 0.29) is 47.1 Å². The van der Waals surface area contributed by atoms with Crippen molar-refractivity contribution in [2.75, 3.05) is 53.6 Å². The fraction of sp³-hybridized carbons (Fsp3) is 0.667. The van der Waals surface area contributed by atoms with Crippen molar-refractivity contribution in [3.63, 3.8) is 0 Å². The average molecular weight is 487 g/mol. The molecule has 0 aliphatic heterocycles. The Morgan fingerprint density at radius 3 is 2.20 bits per heavy atom. The lowest BCUT2D eigenvalue weighted by atomic mass is 10.3. The average Bonchev–Trinajstić information content (AvgIpc) is 2.58. The van der Waals surface area contributed by atoms with Crippen LogP contribution >= 0.6 is 31.9 Å². The van der Waals surface area contributed by atoms with Crippen molar-refractivity contribution >= 4 is 49.6 Å². The minimum atomic E-state index is -0.447. The highest BCUT2D eigenvalue weighted by molar-refractivity contribution is 9.14. The van der Waals surface area contributed by atoms with Gasteiger partial charge in [0.05, 0.1) is 19.8 Å². The molecule has 8 nitrogen and oxygen atoms in total. The number of aliphatic hydroxyl groups is 1. The van der Waals surface area contributed by atoms with E-state index in [4.69, 9.17) is 9.84 Å². The van der Waals surface area contributed by atoms with Crippen LogP contribution in [0.25, 0.3) is 0 Å². The van der Waals surface area contributed by atoms with Crippen LogP contribution in [0, 0.1) is 0 Å². The summed E-state index contributed by atoms with van der Waals surface area (Å²) in [5.74, 6) is -0.820. The Labute approximate surface area is 164 Å². The van der Waals surface area contributed by atoms with Gasteiger partial charge in [-0.3, -0.25) is 14.4 Å². The van der Waals surface area contributed by atoms with Gasteiger partial charge in [0, 0.05) is 40.7 Å². The van der Waals surface area contributed by atoms with Gasteiger partial charge in [-0.15, -0.1) is 0 Å². The molecule has 0 unspecified atom stereocenters. The molecule has 0 rings (SSSR count). The molecule has 0 aliphatic rings. The summed E-state index contributed by atoms with van der Waals surface area (Å²) in [6.45, 7) is 3.13. The van der Waals surface area contributed by atoms with Gasteiger partial charge in [0.1, 0.15) is 8.96 Å². The van der Waals surface area contributed by atoms with E-state index in [0.717, 1.165) is 0 Å². The van der Waals surface area contributed by atoms with Crippen molar-refractivity contribution in [3.05, 3.63) is 8.96 Å². The Bertz CT molecular complexity index is 500. The molecule has 0 aromatic rings. The molecule has 3 amide bonds. The van der Waals surface area contributed by atoms with Crippen LogP contribution in [0.2, 0.25) is 0 Å². The fourth-order valence-corrected chi connectivity index (χ4v) is 2.44. The molecule has 25 heavy (non-hydrogen) atoms. The zero-order chi connectivity index (χ0) is 19.4. The first-order valence-electron chi connectivity index (χ1n) is 7.71. The SMILES string of the molecule is CC(=O)N(C)CCCN(C)C(=O)/C(Br)=C(/Br)C(=O)NCCOCCO. The summed E-state index contributed by atoms with van der Waals surface area (Å²) in [4.78, 5) is 38.4. The standard InChI is InChI=1S/C15H25Br2N3O5/c1-11(22)19(2)6-4-7-20(3)15(24)13(17)12(16)14(23)18-5-9-25-10-8-21/h21H,4-10H2,1-3H3,(H,18,23)/b13-12-. The topological polar surface area (TPSA) is 99.2 Å². The van der Waals surface area contributed by atoms with E-state index < -0.39 is 5.91 Å². The van der Waals surface area contributed by atoms with E-state index in [1.165, 1.54) is 11.8 Å². The number of nitrogens with zero attached hydrogens (tertiary/aromatic N) is 2. The van der Waals surface area contributed by atoms with E-state index in [2.05, 4.69) is 37.2 Å². The number of amides is 3. The molecule has 144 valence electrons. The highest BCUT2D eigenvalue weighted by atomic mass is 79.9. The normalized spacial score (nSPS) is 11.6. The van der Waals surface area contributed by atoms with E-state index in [0.29, 0.717) is 19.5 Å². The molecule has 0 spiro atoms. The summed E-state index contributed by atoms with van der Waals surface area (Å²) in [6.07, 6.45) is 0.630. The van der Waals surface area contributed by atoms with Crippen LogP contribution in [0.1, 0.15) is 13.3 Å². The summed E-state index contributed by atoms with van der Waals surface area (Å²) >= 11 is 6.25. The Morgan fingerprint density at radius 1 is 1.04 bits per heavy atom. The number of carbonyl (C=O) groups excluding carboxylic acids is 3. The molecule has 0 aromatic heterocycles. The molecule has 0 aromatic carbocycles. The third-order valence-electron chi connectivity index (χ3n) is 3.22. The predicted octanol–water partition coefficient (Wildman–Crippen LogP) is 0.440. The minimum absolute atomic E-state index is 0.0301. The third-order valence-corrected chi connectivity index (χ3v) is 5.24. The van der Waals surface area contributed by atoms with E-state index in [1.807, 2.05) is 0 Å². The van der Waals surface area contributed by atoms with Gasteiger partial charge in [-0.1, -0.05) is 0 Å². The molecule has 0 aliphatic carbocycles. The lowest BCUT2D eigenvalue weighted by Gasteiger charge is -2.20. The first-order valence-corrected chi connectivity index (χ1v) is 9.30. The number of ether oxygens (including phenoxy) is 1. The van der Waals surface area contributed by atoms with E-state index in [1.54, 1.807) is 19.0 Å². The molecule has 0 atom stereocenters. The van der Waals surface area contributed by atoms with E-state index >= 15 is 0 Å². The monoisotopic (exact) mass is 485 g/mol. The second kappa shape index (κ2) is 13.3. The highest BCUT2D eigenvalue weighted by Gasteiger charge is 2.20. The molecule has 10 heteroatoms. The van der Waals surface area contributed by atoms with Crippen molar-refractivity contribution in [2.45, 2.75) is 13.3 Å². The third kappa shape index (κ3) is 9.93. The smallest absolute Gasteiger partial charge is 0.261 e. The maximum atomic E-state index is 12.3. The first-order chi connectivity index (χ1) is 11.7. The van der Waals surface area contributed by atoms with Crippen molar-refractivity contribution in [1.29, 1.82) is 0 Å². The second-order valence-corrected chi connectivity index (χ2v) is 6.83. The van der Waals surface area contributed by atoms with Crippen molar-refractivity contribution in [1.82, 2.24) is 15.1 Å². The number of rotatable bonds is 11. The van der Waals surface area contributed by atoms with Gasteiger partial charge in [-0.25, -0.2) is 0 Å². The zero-order valence-corrected chi connectivity index (χ0v) is 17.9. The van der Waals surface area contributed by atoms with Gasteiger partial charge in [0.25, 0.3) is 11.8 Å². The van der Waals surface area contributed by atoms with Crippen LogP contribution < -0.4 is 5.32 Å². The summed E-state index contributed by atoms with van der Waals surface area (Å²) in [5.41, 5.74) is 0. The Hall–Kier alpha value is -0.970. The van der Waals surface area contributed by atoms with Gasteiger partial charge in [-0.05, 0) is 38.3 Å². The Morgan fingerprint density at radius 2 is 1.64 bits per heavy atom. The van der Waals surface area contributed by atoms with Crippen LogP contribution in [0.5, 0.6) is 0 Å². The summed E-state index contributed by atoms with van der Waals surface area (Å²) in [6, 6.07) is 0. The number of aliphatic hydroxyl groups excluding tert-OH is 1. The largest absolute Gasteiger partial charge is 0.394 e. The van der Waals surface area contributed by atoms with Gasteiger partial charge >= 0.3 is 0 Å². The van der Waals surface area contributed by atoms with E-state index in [9.17, 15) is 14.4 Å². The first kappa shape index (κ1) is 24.0. The molecule has 0 saturated heterocycles. The molecule has 0 saturated carbocycles. The molecular weight excluding hydrogens is 462 g/mol. The predicted molar refractivity (Wildman–Crippen MR) is 101 cm³/mol. The number of halogens is 2. The highest BCUT2D eigenvalue weighted by Crippen LogP contribution is 2.20. The van der Waals surface area contributed by atoms with Gasteiger partial charge in [0.15, 0.2) is 0 Å². The quantitative estimate of drug-likeness (QED) is 0.326. The summed E-state index contributed by atoms with van der Waals surface area (Å²) in [5, 5.41) is 11.2. The number of carbonyl (C=O) groups is 3. The zero-order valence-electron chi connectivity index (χ0n) is 14.7. The fourth-order valence-electron chi connectivity index (χ4n) is 1.65. The maximum Gasteiger partial charge on any atom is 0.261 e. The van der Waals surface area contributed by atoms with Crippen molar-refractivity contribution < 1.29 is 24.2 Å². The second-order valence-electron chi connectivity index (χ2n) is 5.24. The number of hydrogen-bond donors (Lipinski definition) is 2. The lowest BCUT2D eigenvalue weighted by Crippen LogP contribution is -2.33. The Kier molecular flexibility index (Phi) is 12.7. The summed E-state index contributed by atoms with van der Waals surface area (Å²) in [7, 11) is 3.32. The molecule has 0 bridgehead atoms. The molecule has 0 fully saturated rings. The molecule has 0 radical (unpaired) electrons. The van der Waals surface area contributed by atoms with Crippen LogP contribution in [-0.4, -0.2) is 86.2 Å². The molecule has 2 N–H and O–H groups in total. The minimum Gasteiger partial charge on any atom is -0.394 e. The van der Waals surface area contributed by atoms with Crippen LogP contribution in [0.3, 0.4) is 0 Å². The molecular formula is C15H25Br2N3O5. The van der Waals surface area contributed by atoms with Crippen molar-refractivity contribution in [2.24, 2.45) is 0 Å². The number of likely N-dealkylation sites (N-methyl/N-ethyl adjacent to an activating group) is 1. The van der Waals surface area contributed by atoms with Gasteiger partial charge < -0.3 is 25.0 Å². The van der Waals surface area contributed by atoms with Crippen LogP contribution in [0.15, 0.2) is 8.96 Å². The van der Waals surface area contributed by atoms with Crippen molar-refractivity contribution in [3.8, 4) is 0 Å². The summed E-state index contributed by atoms with van der Waals surface area (Å²) < 4.78 is 5.23. The van der Waals surface area contributed by atoms with Crippen LogP contribution in [0.4, 0.5) is 0 Å². The van der Waals surface area contributed by atoms with Gasteiger partial charge in [0.2, 0.25) is 5.91 Å². The lowest BCUT2D eigenvalue weighted by molar-refractivity contribution is -0.127.